The highest BCUT2D eigenvalue weighted by molar-refractivity contribution is 6.31. The van der Waals surface area contributed by atoms with Crippen molar-refractivity contribution in [3.63, 3.8) is 0 Å². The third-order valence-electron chi connectivity index (χ3n) is 5.25. The second kappa shape index (κ2) is 10.3. The van der Waals surface area contributed by atoms with E-state index in [0.717, 1.165) is 5.56 Å². The molecule has 0 saturated heterocycles. The normalized spacial score (nSPS) is 11.6. The molecule has 1 N–H and O–H groups in total. The Morgan fingerprint density at radius 1 is 1.12 bits per heavy atom. The van der Waals surface area contributed by atoms with E-state index in [0.29, 0.717) is 30.2 Å². The molecular weight excluding hydrogens is 478 g/mol. The minimum absolute atomic E-state index is 0.218. The van der Waals surface area contributed by atoms with Crippen molar-refractivity contribution in [3.05, 3.63) is 59.2 Å². The molecule has 34 heavy (non-hydrogen) atoms. The quantitative estimate of drug-likeness (QED) is 0.385. The molecule has 0 unspecified atom stereocenters. The first-order chi connectivity index (χ1) is 16.1. The van der Waals surface area contributed by atoms with E-state index in [2.05, 4.69) is 0 Å². The van der Waals surface area contributed by atoms with Gasteiger partial charge in [0.15, 0.2) is 5.75 Å². The molecule has 3 aromatic rings. The van der Waals surface area contributed by atoms with E-state index in [1.165, 1.54) is 17.0 Å². The lowest BCUT2D eigenvalue weighted by Gasteiger charge is -2.21. The van der Waals surface area contributed by atoms with E-state index >= 15 is 0 Å². The summed E-state index contributed by atoms with van der Waals surface area (Å²) in [6, 6.07) is 11.5. The maximum atomic E-state index is 13.7. The number of hydrogen-bond acceptors (Lipinski definition) is 3. The highest BCUT2D eigenvalue weighted by Gasteiger charge is 2.49. The van der Waals surface area contributed by atoms with Crippen LogP contribution in [0.1, 0.15) is 19.4 Å². The molecule has 2 aromatic carbocycles. The van der Waals surface area contributed by atoms with Crippen LogP contribution in [0.5, 0.6) is 5.75 Å². The Balaban J connectivity index is 2.06. The molecule has 0 spiro atoms. The molecule has 0 atom stereocenters. The second-order valence-corrected chi connectivity index (χ2v) is 7.73. The van der Waals surface area contributed by atoms with Gasteiger partial charge in [0.1, 0.15) is 0 Å². The molecule has 6 nitrogen and oxygen atoms in total. The zero-order valence-corrected chi connectivity index (χ0v) is 19.1. The fourth-order valence-electron chi connectivity index (χ4n) is 3.35. The third kappa shape index (κ3) is 5.11. The number of carbonyl (C=O) groups is 2. The summed E-state index contributed by atoms with van der Waals surface area (Å²) in [5.41, 5.74) is 0.924. The third-order valence-corrected chi connectivity index (χ3v) is 5.62. The van der Waals surface area contributed by atoms with Crippen molar-refractivity contribution >= 4 is 40.2 Å². The van der Waals surface area contributed by atoms with Crippen LogP contribution in [-0.2, 0) is 11.3 Å². The van der Waals surface area contributed by atoms with Gasteiger partial charge in [0.25, 0.3) is 0 Å². The molecule has 0 bridgehead atoms. The summed E-state index contributed by atoms with van der Waals surface area (Å²) < 4.78 is 60.0. The Hall–Kier alpha value is -3.27. The van der Waals surface area contributed by atoms with Crippen LogP contribution in [0.15, 0.2) is 48.7 Å². The summed E-state index contributed by atoms with van der Waals surface area (Å²) >= 11 is 6.23. The Morgan fingerprint density at radius 2 is 1.79 bits per heavy atom. The van der Waals surface area contributed by atoms with Gasteiger partial charge in [0.2, 0.25) is 0 Å². The number of fused-ring (bicyclic) bond motifs is 1. The van der Waals surface area contributed by atoms with E-state index in [9.17, 15) is 27.2 Å². The van der Waals surface area contributed by atoms with Crippen molar-refractivity contribution in [2.75, 3.05) is 18.4 Å². The number of aromatic nitrogens is 1. The standard InChI is InChI=1S/C23H22ClF4N3O3/c1-3-30(4-2)22(33)34-18-10-9-17-15(19(18)29-21(32)23(27,28)20(25)26)11-12-31(17)13-14-7-5-6-8-16(14)24/h5-12,20H,3-4,13H2,1-2H3,(H,29,32). The van der Waals surface area contributed by atoms with Crippen LogP contribution >= 0.6 is 11.6 Å². The number of carbonyl (C=O) groups excluding carboxylic acids is 2. The summed E-state index contributed by atoms with van der Waals surface area (Å²) in [5.74, 6) is -7.41. The topological polar surface area (TPSA) is 63.6 Å². The van der Waals surface area contributed by atoms with Gasteiger partial charge >= 0.3 is 24.3 Å². The van der Waals surface area contributed by atoms with Crippen LogP contribution in [0, 0.1) is 0 Å². The summed E-state index contributed by atoms with van der Waals surface area (Å²) in [7, 11) is 0. The number of halogens is 5. The van der Waals surface area contributed by atoms with Crippen LogP contribution in [0.25, 0.3) is 10.9 Å². The summed E-state index contributed by atoms with van der Waals surface area (Å²) in [4.78, 5) is 25.8. The molecule has 11 heteroatoms. The lowest BCUT2D eigenvalue weighted by atomic mass is 10.1. The molecule has 0 aliphatic carbocycles. The Labute approximate surface area is 198 Å². The lowest BCUT2D eigenvalue weighted by Crippen LogP contribution is -2.41. The maximum Gasteiger partial charge on any atom is 0.415 e. The first kappa shape index (κ1) is 25.4. The van der Waals surface area contributed by atoms with Crippen LogP contribution in [0.4, 0.5) is 28.0 Å². The average molecular weight is 500 g/mol. The minimum Gasteiger partial charge on any atom is -0.408 e. The van der Waals surface area contributed by atoms with E-state index in [4.69, 9.17) is 16.3 Å². The van der Waals surface area contributed by atoms with Crippen LogP contribution in [-0.4, -0.2) is 46.9 Å². The van der Waals surface area contributed by atoms with E-state index in [-0.39, 0.29) is 16.8 Å². The average Bonchev–Trinajstić information content (AvgIpc) is 3.20. The van der Waals surface area contributed by atoms with Crippen LogP contribution in [0.3, 0.4) is 0 Å². The van der Waals surface area contributed by atoms with Crippen molar-refractivity contribution in [3.8, 4) is 5.75 Å². The van der Waals surface area contributed by atoms with Crippen molar-refractivity contribution in [2.45, 2.75) is 32.7 Å². The number of alkyl halides is 4. The Morgan fingerprint density at radius 3 is 2.41 bits per heavy atom. The maximum absolute atomic E-state index is 13.7. The monoisotopic (exact) mass is 499 g/mol. The number of amides is 2. The van der Waals surface area contributed by atoms with Gasteiger partial charge in [-0.15, -0.1) is 0 Å². The second-order valence-electron chi connectivity index (χ2n) is 7.32. The number of anilines is 1. The zero-order chi connectivity index (χ0) is 25.0. The van der Waals surface area contributed by atoms with Crippen molar-refractivity contribution in [1.82, 2.24) is 9.47 Å². The fraction of sp³-hybridized carbons (Fsp3) is 0.304. The number of hydrogen-bond donors (Lipinski definition) is 1. The van der Waals surface area contributed by atoms with Crippen molar-refractivity contribution < 1.29 is 31.9 Å². The predicted molar refractivity (Wildman–Crippen MR) is 121 cm³/mol. The molecule has 2 amide bonds. The SMILES string of the molecule is CCN(CC)C(=O)Oc1ccc2c(ccn2Cc2ccccc2Cl)c1NC(=O)C(F)(F)C(F)F. The molecule has 3 rings (SSSR count). The number of ether oxygens (including phenoxy) is 1. The van der Waals surface area contributed by atoms with Gasteiger partial charge in [0.05, 0.1) is 11.2 Å². The van der Waals surface area contributed by atoms with Gasteiger partial charge in [0, 0.05) is 36.2 Å². The smallest absolute Gasteiger partial charge is 0.408 e. The summed E-state index contributed by atoms with van der Waals surface area (Å²) in [6.07, 6.45) is -3.38. The highest BCUT2D eigenvalue weighted by atomic mass is 35.5. The molecule has 0 saturated carbocycles. The Bertz CT molecular complexity index is 1200. The van der Waals surface area contributed by atoms with Gasteiger partial charge in [-0.3, -0.25) is 4.79 Å². The summed E-state index contributed by atoms with van der Waals surface area (Å²) in [6.45, 7) is 4.37. The van der Waals surface area contributed by atoms with Gasteiger partial charge in [-0.2, -0.15) is 8.78 Å². The number of nitrogens with one attached hydrogen (secondary N) is 1. The number of nitrogens with zero attached hydrogens (tertiary/aromatic N) is 2. The molecule has 1 heterocycles. The van der Waals surface area contributed by atoms with Gasteiger partial charge in [-0.25, -0.2) is 13.6 Å². The lowest BCUT2D eigenvalue weighted by molar-refractivity contribution is -0.163. The van der Waals surface area contributed by atoms with Crippen LogP contribution in [0.2, 0.25) is 5.02 Å². The van der Waals surface area contributed by atoms with Crippen LogP contribution < -0.4 is 10.1 Å². The number of rotatable bonds is 8. The molecule has 0 radical (unpaired) electrons. The van der Waals surface area contributed by atoms with Crippen molar-refractivity contribution in [1.29, 1.82) is 0 Å². The molecule has 1 aromatic heterocycles. The first-order valence-electron chi connectivity index (χ1n) is 10.4. The molecular formula is C23H22ClF4N3O3. The summed E-state index contributed by atoms with van der Waals surface area (Å²) in [5, 5.41) is 2.57. The highest BCUT2D eigenvalue weighted by Crippen LogP contribution is 2.37. The largest absolute Gasteiger partial charge is 0.415 e. The van der Waals surface area contributed by atoms with Gasteiger partial charge in [-0.1, -0.05) is 29.8 Å². The predicted octanol–water partition coefficient (Wildman–Crippen LogP) is 6.02. The minimum atomic E-state index is -4.94. The zero-order valence-electron chi connectivity index (χ0n) is 18.3. The van der Waals surface area contributed by atoms with Crippen molar-refractivity contribution in [2.24, 2.45) is 0 Å². The van der Waals surface area contributed by atoms with E-state index < -0.39 is 24.3 Å². The van der Waals surface area contributed by atoms with E-state index in [1.807, 2.05) is 5.32 Å². The molecule has 0 aliphatic heterocycles. The molecule has 0 aliphatic rings. The number of benzene rings is 2. The Kier molecular flexibility index (Phi) is 7.71. The fourth-order valence-corrected chi connectivity index (χ4v) is 3.55. The molecule has 182 valence electrons. The first-order valence-corrected chi connectivity index (χ1v) is 10.8. The van der Waals surface area contributed by atoms with Gasteiger partial charge < -0.3 is 19.5 Å². The van der Waals surface area contributed by atoms with E-state index in [1.54, 1.807) is 54.9 Å². The molecule has 0 fully saturated rings. The van der Waals surface area contributed by atoms with Gasteiger partial charge in [-0.05, 0) is 43.7 Å².